The van der Waals surface area contributed by atoms with Gasteiger partial charge in [0.15, 0.2) is 5.94 Å². The zero-order valence-corrected chi connectivity index (χ0v) is 6.28. The lowest BCUT2D eigenvalue weighted by atomic mass is 10.7. The maximum atomic E-state index is 10.8. The molecule has 5 nitrogen and oxygen atoms in total. The van der Waals surface area contributed by atoms with E-state index in [4.69, 9.17) is 0 Å². The van der Waals surface area contributed by atoms with E-state index >= 15 is 0 Å². The molecule has 0 aliphatic carbocycles. The normalized spacial score (nSPS) is 11.4. The van der Waals surface area contributed by atoms with Crippen LogP contribution in [-0.4, -0.2) is 24.3 Å². The summed E-state index contributed by atoms with van der Waals surface area (Å²) in [6.45, 7) is 0. The lowest BCUT2D eigenvalue weighted by Gasteiger charge is -1.93. The van der Waals surface area contributed by atoms with Crippen molar-refractivity contribution in [2.45, 2.75) is 5.16 Å². The third-order valence-electron chi connectivity index (χ3n) is 0.975. The van der Waals surface area contributed by atoms with Crippen molar-refractivity contribution < 1.29 is 13.5 Å². The van der Waals surface area contributed by atoms with E-state index < -0.39 is 20.9 Å². The number of hydrogen-bond donors (Lipinski definition) is 0. The Bertz CT molecular complexity index is 321. The minimum Gasteiger partial charge on any atom is -0.227 e. The van der Waals surface area contributed by atoms with Crippen molar-refractivity contribution >= 4 is 9.84 Å². The van der Waals surface area contributed by atoms with Crippen LogP contribution < -0.4 is 0 Å². The molecule has 1 aromatic rings. The van der Waals surface area contributed by atoms with Crippen LogP contribution in [0.25, 0.3) is 0 Å². The Balaban J connectivity index is 3.14. The van der Waals surface area contributed by atoms with Crippen LogP contribution in [0.15, 0.2) is 23.6 Å². The first-order valence-corrected chi connectivity index (χ1v) is 4.40. The van der Waals surface area contributed by atoms with Crippen LogP contribution in [0.3, 0.4) is 0 Å². The number of hydrogen-bond acceptors (Lipinski definition) is 4. The lowest BCUT2D eigenvalue weighted by molar-refractivity contribution is 0.249. The van der Waals surface area contributed by atoms with Gasteiger partial charge >= 0.3 is 0 Å². The highest BCUT2D eigenvalue weighted by Gasteiger charge is 2.15. The molecule has 1 radical (unpaired) electrons. The van der Waals surface area contributed by atoms with E-state index in [1.54, 1.807) is 0 Å². The molecule has 0 atom stereocenters. The Labute approximate surface area is 63.7 Å². The van der Waals surface area contributed by atoms with Crippen molar-refractivity contribution in [2.75, 3.05) is 5.94 Å². The minimum atomic E-state index is -3.78. The first-order valence-electron chi connectivity index (χ1n) is 2.75. The molecule has 11 heavy (non-hydrogen) atoms. The molecule has 1 rings (SSSR count). The summed E-state index contributed by atoms with van der Waals surface area (Å²) in [5, 5.41) is 9.68. The van der Waals surface area contributed by atoms with Gasteiger partial charge in [-0.15, -0.1) is 0 Å². The highest BCUT2D eigenvalue weighted by atomic mass is 32.2. The second-order valence-electron chi connectivity index (χ2n) is 1.76. The smallest absolute Gasteiger partial charge is 0.227 e. The van der Waals surface area contributed by atoms with Crippen molar-refractivity contribution in [3.8, 4) is 0 Å². The first-order chi connectivity index (χ1) is 5.17. The summed E-state index contributed by atoms with van der Waals surface area (Å²) in [4.78, 5) is 6.84. The quantitative estimate of drug-likeness (QED) is 0.572. The molecular formula is C5H5N2O3S. The molecular weight excluding hydrogens is 168 g/mol. The fourth-order valence-electron chi connectivity index (χ4n) is 0.499. The van der Waals surface area contributed by atoms with E-state index in [2.05, 4.69) is 9.97 Å². The predicted octanol–water partition coefficient (Wildman–Crippen LogP) is -0.362. The van der Waals surface area contributed by atoms with Gasteiger partial charge in [-0.3, -0.25) is 0 Å². The average molecular weight is 173 g/mol. The molecule has 0 unspecified atom stereocenters. The maximum Gasteiger partial charge on any atom is 0.249 e. The van der Waals surface area contributed by atoms with Gasteiger partial charge in [-0.05, 0) is 6.07 Å². The van der Waals surface area contributed by atoms with Gasteiger partial charge in [-0.1, -0.05) is 0 Å². The van der Waals surface area contributed by atoms with Gasteiger partial charge in [-0.25, -0.2) is 23.5 Å². The van der Waals surface area contributed by atoms with E-state index in [1.165, 1.54) is 18.5 Å². The highest BCUT2D eigenvalue weighted by molar-refractivity contribution is 7.91. The van der Waals surface area contributed by atoms with Crippen LogP contribution in [0, 0.1) is 0 Å². The zero-order valence-electron chi connectivity index (χ0n) is 5.47. The molecule has 0 aromatic carbocycles. The van der Waals surface area contributed by atoms with E-state index in [0.717, 1.165) is 0 Å². The summed E-state index contributed by atoms with van der Waals surface area (Å²) in [6, 6.07) is 1.48. The average Bonchev–Trinajstić information content (AvgIpc) is 2.06. The first kappa shape index (κ1) is 8.09. The number of nitrogens with zero attached hydrogens (tertiary/aromatic N) is 2. The van der Waals surface area contributed by atoms with Gasteiger partial charge in [0.05, 0.1) is 0 Å². The van der Waals surface area contributed by atoms with Gasteiger partial charge in [0.25, 0.3) is 0 Å². The van der Waals surface area contributed by atoms with Crippen LogP contribution in [0.5, 0.6) is 0 Å². The Kier molecular flexibility index (Phi) is 2.16. The molecule has 0 bridgehead atoms. The monoisotopic (exact) mass is 173 g/mol. The molecule has 0 fully saturated rings. The molecule has 6 heteroatoms. The molecule has 59 valence electrons. The molecule has 0 aliphatic heterocycles. The third-order valence-corrected chi connectivity index (χ3v) is 2.05. The highest BCUT2D eigenvalue weighted by Crippen LogP contribution is 2.00. The van der Waals surface area contributed by atoms with Gasteiger partial charge in [0.2, 0.25) is 15.0 Å². The largest absolute Gasteiger partial charge is 0.249 e. The fraction of sp³-hybridized carbons (Fsp3) is 0.200. The van der Waals surface area contributed by atoms with Crippen LogP contribution >= 0.6 is 0 Å². The number of aromatic nitrogens is 2. The lowest BCUT2D eigenvalue weighted by Crippen LogP contribution is -2.08. The molecule has 0 amide bonds. The summed E-state index contributed by atoms with van der Waals surface area (Å²) in [5.74, 6) is -1.21. The van der Waals surface area contributed by atoms with Crippen LogP contribution in [-0.2, 0) is 14.9 Å². The third kappa shape index (κ3) is 1.72. The van der Waals surface area contributed by atoms with E-state index in [-0.39, 0.29) is 0 Å². The summed E-state index contributed by atoms with van der Waals surface area (Å²) in [5.41, 5.74) is 0. The van der Waals surface area contributed by atoms with Gasteiger partial charge in [0, 0.05) is 12.4 Å². The molecule has 1 heterocycles. The SMILES string of the molecule is [O]CS(=O)(=O)c1ncccn1. The molecule has 0 saturated heterocycles. The summed E-state index contributed by atoms with van der Waals surface area (Å²) in [7, 11) is -3.78. The van der Waals surface area contributed by atoms with E-state index in [0.29, 0.717) is 0 Å². The topological polar surface area (TPSA) is 79.8 Å². The van der Waals surface area contributed by atoms with Crippen LogP contribution in [0.4, 0.5) is 0 Å². The molecule has 0 aliphatic rings. The van der Waals surface area contributed by atoms with E-state index in [1.807, 2.05) is 0 Å². The van der Waals surface area contributed by atoms with Crippen molar-refractivity contribution in [1.82, 2.24) is 9.97 Å². The van der Waals surface area contributed by atoms with Crippen molar-refractivity contribution in [3.05, 3.63) is 18.5 Å². The van der Waals surface area contributed by atoms with Gasteiger partial charge < -0.3 is 0 Å². The number of rotatable bonds is 2. The molecule has 0 spiro atoms. The Morgan fingerprint density at radius 1 is 1.27 bits per heavy atom. The van der Waals surface area contributed by atoms with Crippen molar-refractivity contribution in [3.63, 3.8) is 0 Å². The van der Waals surface area contributed by atoms with E-state index in [9.17, 15) is 13.5 Å². The molecule has 0 N–H and O–H groups in total. The zero-order chi connectivity index (χ0) is 8.32. The fourth-order valence-corrected chi connectivity index (χ4v) is 1.05. The second kappa shape index (κ2) is 2.93. The molecule has 0 saturated carbocycles. The molecule has 1 aromatic heterocycles. The van der Waals surface area contributed by atoms with Crippen molar-refractivity contribution in [1.29, 1.82) is 0 Å². The Hall–Kier alpha value is -1.01. The Morgan fingerprint density at radius 3 is 2.27 bits per heavy atom. The predicted molar refractivity (Wildman–Crippen MR) is 34.8 cm³/mol. The van der Waals surface area contributed by atoms with Crippen LogP contribution in [0.2, 0.25) is 0 Å². The summed E-state index contributed by atoms with van der Waals surface area (Å²) < 4.78 is 21.5. The standard InChI is InChI=1S/C5H5N2O3S/c8-4-11(9,10)5-6-2-1-3-7-5/h1-3H,4H2. The van der Waals surface area contributed by atoms with Crippen molar-refractivity contribution in [2.24, 2.45) is 0 Å². The maximum absolute atomic E-state index is 10.8. The minimum absolute atomic E-state index is 0.407. The summed E-state index contributed by atoms with van der Waals surface area (Å²) in [6.07, 6.45) is 2.55. The second-order valence-corrected chi connectivity index (χ2v) is 3.59. The Morgan fingerprint density at radius 2 is 1.82 bits per heavy atom. The number of sulfone groups is 1. The van der Waals surface area contributed by atoms with Gasteiger partial charge in [-0.2, -0.15) is 0 Å². The van der Waals surface area contributed by atoms with Gasteiger partial charge in [0.1, 0.15) is 0 Å². The van der Waals surface area contributed by atoms with Crippen LogP contribution in [0.1, 0.15) is 0 Å². The summed E-state index contributed by atoms with van der Waals surface area (Å²) >= 11 is 0.